The van der Waals surface area contributed by atoms with Crippen LogP contribution in [0.5, 0.6) is 0 Å². The Bertz CT molecular complexity index is 210. The van der Waals surface area contributed by atoms with Gasteiger partial charge in [0.25, 0.3) is 0 Å². The highest BCUT2D eigenvalue weighted by Crippen LogP contribution is 2.12. The van der Waals surface area contributed by atoms with Crippen LogP contribution in [0, 0.1) is 5.92 Å². The molecule has 0 radical (unpaired) electrons. The van der Waals surface area contributed by atoms with Gasteiger partial charge < -0.3 is 9.47 Å². The van der Waals surface area contributed by atoms with Gasteiger partial charge in [-0.05, 0) is 13.8 Å². The molecular formula is C11H21NO3. The molecule has 4 nitrogen and oxygen atoms in total. The molecule has 88 valence electrons. The van der Waals surface area contributed by atoms with Crippen molar-refractivity contribution in [1.29, 1.82) is 0 Å². The van der Waals surface area contributed by atoms with Crippen LogP contribution in [0.25, 0.3) is 0 Å². The predicted octanol–water partition coefficient (Wildman–Crippen LogP) is 0.905. The second-order valence-electron chi connectivity index (χ2n) is 4.40. The molecule has 0 saturated carbocycles. The van der Waals surface area contributed by atoms with E-state index in [1.807, 2.05) is 6.92 Å². The highest BCUT2D eigenvalue weighted by Gasteiger charge is 2.25. The van der Waals surface area contributed by atoms with E-state index in [0.717, 1.165) is 19.6 Å². The van der Waals surface area contributed by atoms with Crippen LogP contribution in [0.1, 0.15) is 20.8 Å². The van der Waals surface area contributed by atoms with Crippen molar-refractivity contribution in [3.63, 3.8) is 0 Å². The van der Waals surface area contributed by atoms with Gasteiger partial charge in [0.05, 0.1) is 25.2 Å². The topological polar surface area (TPSA) is 38.8 Å². The highest BCUT2D eigenvalue weighted by molar-refractivity contribution is 5.72. The van der Waals surface area contributed by atoms with E-state index in [0.29, 0.717) is 0 Å². The molecule has 1 fully saturated rings. The van der Waals surface area contributed by atoms with Gasteiger partial charge in [-0.3, -0.25) is 9.69 Å². The summed E-state index contributed by atoms with van der Waals surface area (Å²) in [6.07, 6.45) is 0.497. The van der Waals surface area contributed by atoms with E-state index in [-0.39, 0.29) is 24.1 Å². The molecule has 15 heavy (non-hydrogen) atoms. The summed E-state index contributed by atoms with van der Waals surface area (Å²) in [5.74, 6) is -0.200. The van der Waals surface area contributed by atoms with Crippen molar-refractivity contribution in [3.8, 4) is 0 Å². The average molecular weight is 215 g/mol. The molecule has 0 amide bonds. The van der Waals surface area contributed by atoms with E-state index in [9.17, 15) is 4.79 Å². The molecule has 4 heteroatoms. The number of carbonyl (C=O) groups is 1. The molecule has 3 atom stereocenters. The highest BCUT2D eigenvalue weighted by atomic mass is 16.5. The zero-order valence-electron chi connectivity index (χ0n) is 10.0. The molecule has 1 saturated heterocycles. The minimum Gasteiger partial charge on any atom is -0.469 e. The third kappa shape index (κ3) is 3.80. The summed E-state index contributed by atoms with van der Waals surface area (Å²) >= 11 is 0. The number of esters is 1. The summed E-state index contributed by atoms with van der Waals surface area (Å²) in [7, 11) is 1.43. The summed E-state index contributed by atoms with van der Waals surface area (Å²) in [4.78, 5) is 13.5. The van der Waals surface area contributed by atoms with E-state index in [1.165, 1.54) is 7.11 Å². The zero-order valence-corrected chi connectivity index (χ0v) is 10.0. The molecule has 0 N–H and O–H groups in total. The van der Waals surface area contributed by atoms with Crippen LogP contribution in [0.3, 0.4) is 0 Å². The maximum atomic E-state index is 11.3. The van der Waals surface area contributed by atoms with Gasteiger partial charge in [-0.1, -0.05) is 6.92 Å². The van der Waals surface area contributed by atoms with Gasteiger partial charge in [0, 0.05) is 19.6 Å². The largest absolute Gasteiger partial charge is 0.469 e. The molecule has 1 aliphatic rings. The lowest BCUT2D eigenvalue weighted by Gasteiger charge is -2.36. The summed E-state index contributed by atoms with van der Waals surface area (Å²) in [5, 5.41) is 0. The summed E-state index contributed by atoms with van der Waals surface area (Å²) in [6.45, 7) is 8.57. The minimum atomic E-state index is -0.137. The number of methoxy groups -OCH3 is 1. The monoisotopic (exact) mass is 215 g/mol. The van der Waals surface area contributed by atoms with Crippen LogP contribution in [-0.4, -0.2) is 49.8 Å². The predicted molar refractivity (Wildman–Crippen MR) is 57.6 cm³/mol. The second kappa shape index (κ2) is 5.47. The fourth-order valence-electron chi connectivity index (χ4n) is 2.10. The molecular weight excluding hydrogens is 194 g/mol. The number of ether oxygens (including phenoxy) is 2. The second-order valence-corrected chi connectivity index (χ2v) is 4.40. The lowest BCUT2D eigenvalue weighted by molar-refractivity contribution is -0.146. The molecule has 1 rings (SSSR count). The van der Waals surface area contributed by atoms with Crippen molar-refractivity contribution >= 4 is 5.97 Å². The van der Waals surface area contributed by atoms with Crippen LogP contribution >= 0.6 is 0 Å². The first-order chi connectivity index (χ1) is 7.02. The Kier molecular flexibility index (Phi) is 4.54. The molecule has 0 aliphatic carbocycles. The van der Waals surface area contributed by atoms with Gasteiger partial charge in [-0.25, -0.2) is 0 Å². The Morgan fingerprint density at radius 3 is 2.47 bits per heavy atom. The Balaban J connectivity index is 2.40. The van der Waals surface area contributed by atoms with Gasteiger partial charge in [0.15, 0.2) is 0 Å². The number of rotatable bonds is 3. The Hall–Kier alpha value is -0.610. The SMILES string of the molecule is COC(=O)[C@H](C)CN1C[C@@H](C)O[C@H](C)C1. The smallest absolute Gasteiger partial charge is 0.309 e. The van der Waals surface area contributed by atoms with Crippen molar-refractivity contribution in [2.75, 3.05) is 26.7 Å². The van der Waals surface area contributed by atoms with Crippen molar-refractivity contribution < 1.29 is 14.3 Å². The molecule has 0 spiro atoms. The summed E-state index contributed by atoms with van der Waals surface area (Å²) in [6, 6.07) is 0. The van der Waals surface area contributed by atoms with Gasteiger partial charge in [0.1, 0.15) is 0 Å². The first-order valence-electron chi connectivity index (χ1n) is 5.48. The molecule has 0 bridgehead atoms. The Labute approximate surface area is 91.5 Å². The molecule has 0 aromatic heterocycles. The fraction of sp³-hybridized carbons (Fsp3) is 0.909. The standard InChI is InChI=1S/C11H21NO3/c1-8(11(13)14-4)5-12-6-9(2)15-10(3)7-12/h8-10H,5-7H2,1-4H3/t8-,9-,10-/m1/s1. The van der Waals surface area contributed by atoms with E-state index >= 15 is 0 Å². The number of carbonyl (C=O) groups excluding carboxylic acids is 1. The number of morpholine rings is 1. The number of nitrogens with zero attached hydrogens (tertiary/aromatic N) is 1. The molecule has 0 aromatic rings. The van der Waals surface area contributed by atoms with E-state index in [2.05, 4.69) is 18.7 Å². The van der Waals surface area contributed by atoms with Crippen molar-refractivity contribution in [2.24, 2.45) is 5.92 Å². The maximum absolute atomic E-state index is 11.3. The van der Waals surface area contributed by atoms with Crippen LogP contribution in [0.4, 0.5) is 0 Å². The molecule has 1 heterocycles. The van der Waals surface area contributed by atoms with Gasteiger partial charge in [0.2, 0.25) is 0 Å². The fourth-order valence-corrected chi connectivity index (χ4v) is 2.10. The van der Waals surface area contributed by atoms with Crippen LogP contribution in [0.2, 0.25) is 0 Å². The van der Waals surface area contributed by atoms with Gasteiger partial charge in [-0.2, -0.15) is 0 Å². The van der Waals surface area contributed by atoms with E-state index < -0.39 is 0 Å². The summed E-state index contributed by atoms with van der Waals surface area (Å²) in [5.41, 5.74) is 0. The quantitative estimate of drug-likeness (QED) is 0.656. The third-order valence-corrected chi connectivity index (χ3v) is 2.63. The molecule has 1 aliphatic heterocycles. The first-order valence-corrected chi connectivity index (χ1v) is 5.48. The molecule has 0 unspecified atom stereocenters. The van der Waals surface area contributed by atoms with E-state index in [4.69, 9.17) is 9.47 Å². The van der Waals surface area contributed by atoms with Crippen LogP contribution in [0.15, 0.2) is 0 Å². The first kappa shape index (κ1) is 12.5. The van der Waals surface area contributed by atoms with Crippen molar-refractivity contribution in [1.82, 2.24) is 4.90 Å². The average Bonchev–Trinajstić information content (AvgIpc) is 2.14. The number of hydrogen-bond donors (Lipinski definition) is 0. The summed E-state index contributed by atoms with van der Waals surface area (Å²) < 4.78 is 10.3. The van der Waals surface area contributed by atoms with Crippen molar-refractivity contribution in [3.05, 3.63) is 0 Å². The molecule has 0 aromatic carbocycles. The third-order valence-electron chi connectivity index (χ3n) is 2.63. The van der Waals surface area contributed by atoms with Gasteiger partial charge in [-0.15, -0.1) is 0 Å². The zero-order chi connectivity index (χ0) is 11.4. The maximum Gasteiger partial charge on any atom is 0.309 e. The van der Waals surface area contributed by atoms with Crippen LogP contribution < -0.4 is 0 Å². The Morgan fingerprint density at radius 1 is 1.47 bits per heavy atom. The lowest BCUT2D eigenvalue weighted by atomic mass is 10.1. The van der Waals surface area contributed by atoms with Crippen LogP contribution in [-0.2, 0) is 14.3 Å². The lowest BCUT2D eigenvalue weighted by Crippen LogP contribution is -2.47. The van der Waals surface area contributed by atoms with E-state index in [1.54, 1.807) is 0 Å². The number of hydrogen-bond acceptors (Lipinski definition) is 4. The van der Waals surface area contributed by atoms with Crippen molar-refractivity contribution in [2.45, 2.75) is 33.0 Å². The minimum absolute atomic E-state index is 0.0625. The van der Waals surface area contributed by atoms with Gasteiger partial charge >= 0.3 is 5.97 Å². The normalized spacial score (nSPS) is 29.9. The Morgan fingerprint density at radius 2 is 2.00 bits per heavy atom.